The molecule has 0 radical (unpaired) electrons. The second-order valence-corrected chi connectivity index (χ2v) is 5.45. The predicted octanol–water partition coefficient (Wildman–Crippen LogP) is 2.06. The summed E-state index contributed by atoms with van der Waals surface area (Å²) < 4.78 is 5.09. The molecule has 0 atom stereocenters. The van der Waals surface area contributed by atoms with Gasteiger partial charge in [0.05, 0.1) is 0 Å². The van der Waals surface area contributed by atoms with Crippen LogP contribution in [0.5, 0.6) is 5.75 Å². The first-order valence-electron chi connectivity index (χ1n) is 6.35. The minimum Gasteiger partial charge on any atom is -0.506 e. The van der Waals surface area contributed by atoms with Crippen molar-refractivity contribution in [2.45, 2.75) is 39.7 Å². The van der Waals surface area contributed by atoms with Crippen molar-refractivity contribution < 1.29 is 19.4 Å². The summed E-state index contributed by atoms with van der Waals surface area (Å²) in [7, 11) is 0. The molecule has 1 amide bonds. The van der Waals surface area contributed by atoms with E-state index in [4.69, 9.17) is 4.74 Å². The van der Waals surface area contributed by atoms with Crippen molar-refractivity contribution in [2.24, 2.45) is 0 Å². The molecule has 6 heteroatoms. The van der Waals surface area contributed by atoms with Crippen molar-refractivity contribution >= 4 is 11.9 Å². The number of carbonyl (C=O) groups is 2. The Bertz CT molecular complexity index is 506. The molecular formula is C14H20N2O4. The summed E-state index contributed by atoms with van der Waals surface area (Å²) >= 11 is 0. The summed E-state index contributed by atoms with van der Waals surface area (Å²) in [6.07, 6.45) is 1.50. The summed E-state index contributed by atoms with van der Waals surface area (Å²) in [6, 6.07) is 1.47. The van der Waals surface area contributed by atoms with Gasteiger partial charge in [0, 0.05) is 19.7 Å². The zero-order chi connectivity index (χ0) is 15.3. The maximum atomic E-state index is 11.4. The lowest BCUT2D eigenvalue weighted by molar-refractivity contribution is 0.0528. The molecule has 110 valence electrons. The molecule has 1 rings (SSSR count). The number of pyridine rings is 1. The molecule has 20 heavy (non-hydrogen) atoms. The van der Waals surface area contributed by atoms with Gasteiger partial charge in [-0.1, -0.05) is 0 Å². The predicted molar refractivity (Wildman–Crippen MR) is 73.8 cm³/mol. The first-order valence-corrected chi connectivity index (χ1v) is 6.35. The van der Waals surface area contributed by atoms with E-state index in [1.54, 1.807) is 20.8 Å². The van der Waals surface area contributed by atoms with Gasteiger partial charge in [0.2, 0.25) is 0 Å². The molecule has 0 saturated carbocycles. The van der Waals surface area contributed by atoms with Crippen molar-refractivity contribution in [3.05, 3.63) is 23.5 Å². The monoisotopic (exact) mass is 280 g/mol. The number of carbonyl (C=O) groups excluding carboxylic acids is 2. The van der Waals surface area contributed by atoms with Crippen LogP contribution < -0.4 is 5.32 Å². The summed E-state index contributed by atoms with van der Waals surface area (Å²) in [4.78, 5) is 26.4. The summed E-state index contributed by atoms with van der Waals surface area (Å²) in [5, 5.41) is 12.2. The number of hydrogen-bond donors (Lipinski definition) is 2. The molecule has 6 nitrogen and oxygen atoms in total. The number of ketones is 1. The smallest absolute Gasteiger partial charge is 0.407 e. The highest BCUT2D eigenvalue weighted by atomic mass is 16.6. The molecule has 0 aliphatic rings. The van der Waals surface area contributed by atoms with Crippen molar-refractivity contribution in [1.82, 2.24) is 10.3 Å². The number of nitrogens with one attached hydrogen (secondary N) is 1. The van der Waals surface area contributed by atoms with Crippen LogP contribution >= 0.6 is 0 Å². The number of hydrogen-bond acceptors (Lipinski definition) is 5. The molecule has 0 spiro atoms. The zero-order valence-electron chi connectivity index (χ0n) is 12.2. The fraction of sp³-hybridized carbons (Fsp3) is 0.500. The van der Waals surface area contributed by atoms with Crippen LogP contribution in [0, 0.1) is 0 Å². The largest absolute Gasteiger partial charge is 0.506 e. The third-order valence-corrected chi connectivity index (χ3v) is 2.34. The van der Waals surface area contributed by atoms with Crippen LogP contribution in [-0.2, 0) is 11.2 Å². The first-order chi connectivity index (χ1) is 9.19. The Morgan fingerprint density at radius 3 is 2.55 bits per heavy atom. The van der Waals surface area contributed by atoms with Crippen LogP contribution in [0.15, 0.2) is 12.3 Å². The Kier molecular flexibility index (Phi) is 5.07. The number of aromatic nitrogens is 1. The number of ether oxygens (including phenoxy) is 1. The SMILES string of the molecule is CC(=O)c1ncc(CCNC(=O)OC(C)(C)C)cc1O. The van der Waals surface area contributed by atoms with Crippen molar-refractivity contribution in [3.63, 3.8) is 0 Å². The molecule has 2 N–H and O–H groups in total. The van der Waals surface area contributed by atoms with Gasteiger partial charge < -0.3 is 15.2 Å². The molecule has 0 aliphatic carbocycles. The molecule has 1 aromatic heterocycles. The number of aromatic hydroxyl groups is 1. The summed E-state index contributed by atoms with van der Waals surface area (Å²) in [5.74, 6) is -0.437. The quantitative estimate of drug-likeness (QED) is 0.824. The molecule has 0 aliphatic heterocycles. The highest BCUT2D eigenvalue weighted by Gasteiger charge is 2.15. The average Bonchev–Trinajstić information content (AvgIpc) is 2.25. The number of amides is 1. The molecule has 1 aromatic rings. The van der Waals surface area contributed by atoms with Gasteiger partial charge in [0.1, 0.15) is 17.0 Å². The van der Waals surface area contributed by atoms with Crippen LogP contribution in [0.25, 0.3) is 0 Å². The lowest BCUT2D eigenvalue weighted by atomic mass is 10.1. The standard InChI is InChI=1S/C14H20N2O4/c1-9(17)12-11(18)7-10(8-16-12)5-6-15-13(19)20-14(2,3)4/h7-8,18H,5-6H2,1-4H3,(H,15,19). The number of rotatable bonds is 4. The zero-order valence-corrected chi connectivity index (χ0v) is 12.2. The van der Waals surface area contributed by atoms with Crippen LogP contribution in [0.1, 0.15) is 43.7 Å². The van der Waals surface area contributed by atoms with Crippen LogP contribution in [-0.4, -0.2) is 34.1 Å². The Morgan fingerprint density at radius 1 is 1.40 bits per heavy atom. The van der Waals surface area contributed by atoms with Crippen LogP contribution in [0.2, 0.25) is 0 Å². The normalized spacial score (nSPS) is 11.0. The molecule has 1 heterocycles. The highest BCUT2D eigenvalue weighted by Crippen LogP contribution is 2.16. The van der Waals surface area contributed by atoms with E-state index in [1.165, 1.54) is 19.2 Å². The second-order valence-electron chi connectivity index (χ2n) is 5.45. The number of alkyl carbamates (subject to hydrolysis) is 1. The maximum absolute atomic E-state index is 11.4. The molecule has 0 fully saturated rings. The number of nitrogens with zero attached hydrogens (tertiary/aromatic N) is 1. The molecule has 0 unspecified atom stereocenters. The van der Waals surface area contributed by atoms with E-state index in [1.807, 2.05) is 0 Å². The van der Waals surface area contributed by atoms with Gasteiger partial charge in [-0.15, -0.1) is 0 Å². The molecule has 0 aromatic carbocycles. The van der Waals surface area contributed by atoms with E-state index in [0.717, 1.165) is 5.56 Å². The van der Waals surface area contributed by atoms with E-state index >= 15 is 0 Å². The van der Waals surface area contributed by atoms with Crippen LogP contribution in [0.3, 0.4) is 0 Å². The highest BCUT2D eigenvalue weighted by molar-refractivity contribution is 5.94. The Morgan fingerprint density at radius 2 is 2.05 bits per heavy atom. The Labute approximate surface area is 118 Å². The van der Waals surface area contributed by atoms with Gasteiger partial charge in [-0.05, 0) is 38.8 Å². The van der Waals surface area contributed by atoms with Gasteiger partial charge in [-0.2, -0.15) is 0 Å². The third kappa shape index (κ3) is 5.26. The summed E-state index contributed by atoms with van der Waals surface area (Å²) in [6.45, 7) is 7.06. The van der Waals surface area contributed by atoms with E-state index < -0.39 is 11.7 Å². The van der Waals surface area contributed by atoms with Gasteiger partial charge >= 0.3 is 6.09 Å². The Hall–Kier alpha value is -2.11. The van der Waals surface area contributed by atoms with E-state index in [9.17, 15) is 14.7 Å². The van der Waals surface area contributed by atoms with Crippen LogP contribution in [0.4, 0.5) is 4.79 Å². The van der Waals surface area contributed by atoms with Crippen molar-refractivity contribution in [3.8, 4) is 5.75 Å². The van der Waals surface area contributed by atoms with Crippen molar-refractivity contribution in [2.75, 3.05) is 6.54 Å². The van der Waals surface area contributed by atoms with Gasteiger partial charge in [0.25, 0.3) is 0 Å². The van der Waals surface area contributed by atoms with Crippen molar-refractivity contribution in [1.29, 1.82) is 0 Å². The average molecular weight is 280 g/mol. The van der Waals surface area contributed by atoms with E-state index in [-0.39, 0.29) is 17.2 Å². The fourth-order valence-corrected chi connectivity index (χ4v) is 1.53. The first kappa shape index (κ1) is 15.9. The maximum Gasteiger partial charge on any atom is 0.407 e. The molecular weight excluding hydrogens is 260 g/mol. The molecule has 0 saturated heterocycles. The van der Waals surface area contributed by atoms with E-state index in [2.05, 4.69) is 10.3 Å². The van der Waals surface area contributed by atoms with Gasteiger partial charge in [0.15, 0.2) is 5.78 Å². The second kappa shape index (κ2) is 6.36. The minimum atomic E-state index is -0.535. The Balaban J connectivity index is 2.49. The molecule has 0 bridgehead atoms. The lowest BCUT2D eigenvalue weighted by Crippen LogP contribution is -2.33. The minimum absolute atomic E-state index is 0.0499. The number of Topliss-reactive ketones (excluding diaryl/α,β-unsaturated/α-hetero) is 1. The fourth-order valence-electron chi connectivity index (χ4n) is 1.53. The lowest BCUT2D eigenvalue weighted by Gasteiger charge is -2.19. The third-order valence-electron chi connectivity index (χ3n) is 2.34. The van der Waals surface area contributed by atoms with E-state index in [0.29, 0.717) is 13.0 Å². The topological polar surface area (TPSA) is 88.5 Å². The van der Waals surface area contributed by atoms with Gasteiger partial charge in [-0.3, -0.25) is 4.79 Å². The summed E-state index contributed by atoms with van der Waals surface area (Å²) in [5.41, 5.74) is 0.241. The van der Waals surface area contributed by atoms with Gasteiger partial charge in [-0.25, -0.2) is 9.78 Å².